The van der Waals surface area contributed by atoms with Gasteiger partial charge >= 0.3 is 0 Å². The number of hydrogen-bond donors (Lipinski definition) is 3. The quantitative estimate of drug-likeness (QED) is 0.642. The third-order valence-corrected chi connectivity index (χ3v) is 1.91. The molecule has 5 heteroatoms. The van der Waals surface area contributed by atoms with Crippen molar-refractivity contribution in [2.75, 3.05) is 5.73 Å². The first-order valence-electron chi connectivity index (χ1n) is 3.96. The molecule has 0 aliphatic carbocycles. The number of aromatic amines is 1. The van der Waals surface area contributed by atoms with Crippen LogP contribution in [0.15, 0.2) is 24.4 Å². The summed E-state index contributed by atoms with van der Waals surface area (Å²) in [5.41, 5.74) is 7.12. The Kier molecular flexibility index (Phi) is 1.85. The smallest absolute Gasteiger partial charge is 0.165 e. The topological polar surface area (TPSA) is 74.9 Å². The Morgan fingerprint density at radius 3 is 2.79 bits per heavy atom. The lowest BCUT2D eigenvalue weighted by Gasteiger charge is -2.00. The predicted octanol–water partition coefficient (Wildman–Crippen LogP) is 1.50. The summed E-state index contributed by atoms with van der Waals surface area (Å²) in [5.74, 6) is -1.07. The highest BCUT2D eigenvalue weighted by molar-refractivity contribution is 5.72. The number of nitrogens with one attached hydrogen (secondary N) is 1. The first kappa shape index (κ1) is 8.55. The van der Waals surface area contributed by atoms with E-state index in [1.165, 1.54) is 18.3 Å². The van der Waals surface area contributed by atoms with Crippen molar-refractivity contribution in [3.05, 3.63) is 30.2 Å². The van der Waals surface area contributed by atoms with Gasteiger partial charge in [-0.2, -0.15) is 5.10 Å². The minimum absolute atomic E-state index is 0.383. The lowest BCUT2D eigenvalue weighted by Crippen LogP contribution is -1.87. The van der Waals surface area contributed by atoms with Gasteiger partial charge in [0, 0.05) is 5.56 Å². The highest BCUT2D eigenvalue weighted by atomic mass is 19.1. The van der Waals surface area contributed by atoms with Crippen LogP contribution in [0.3, 0.4) is 0 Å². The van der Waals surface area contributed by atoms with Crippen molar-refractivity contribution in [2.45, 2.75) is 0 Å². The van der Waals surface area contributed by atoms with Crippen LogP contribution >= 0.6 is 0 Å². The lowest BCUT2D eigenvalue weighted by atomic mass is 10.1. The molecule has 1 aromatic heterocycles. The van der Waals surface area contributed by atoms with Gasteiger partial charge in [-0.25, -0.2) is 4.39 Å². The number of hydrogen-bond acceptors (Lipinski definition) is 3. The molecule has 0 atom stereocenters. The SMILES string of the molecule is Nc1cn[nH]c1-c1ccc(O)c(F)c1. The van der Waals surface area contributed by atoms with E-state index in [0.29, 0.717) is 16.9 Å². The molecule has 1 heterocycles. The fourth-order valence-electron chi connectivity index (χ4n) is 1.19. The second-order valence-electron chi connectivity index (χ2n) is 2.87. The summed E-state index contributed by atoms with van der Waals surface area (Å²) in [7, 11) is 0. The number of halogens is 1. The maximum absolute atomic E-state index is 13.0. The number of aromatic nitrogens is 2. The molecule has 4 N–H and O–H groups in total. The van der Waals surface area contributed by atoms with E-state index < -0.39 is 5.82 Å². The average molecular weight is 193 g/mol. The van der Waals surface area contributed by atoms with Crippen molar-refractivity contribution in [1.29, 1.82) is 0 Å². The molecule has 4 nitrogen and oxygen atoms in total. The highest BCUT2D eigenvalue weighted by Gasteiger charge is 2.07. The molecule has 0 spiro atoms. The number of nitrogens with zero attached hydrogens (tertiary/aromatic N) is 1. The molecule has 0 saturated heterocycles. The van der Waals surface area contributed by atoms with E-state index in [4.69, 9.17) is 10.8 Å². The number of anilines is 1. The molecule has 0 amide bonds. The van der Waals surface area contributed by atoms with E-state index in [2.05, 4.69) is 10.2 Å². The maximum atomic E-state index is 13.0. The van der Waals surface area contributed by atoms with Crippen LogP contribution in [-0.4, -0.2) is 15.3 Å². The van der Waals surface area contributed by atoms with Crippen LogP contribution in [0, 0.1) is 5.82 Å². The Morgan fingerprint density at radius 1 is 1.43 bits per heavy atom. The van der Waals surface area contributed by atoms with E-state index >= 15 is 0 Å². The number of H-pyrrole nitrogens is 1. The summed E-state index contributed by atoms with van der Waals surface area (Å²) in [6.45, 7) is 0. The van der Waals surface area contributed by atoms with Gasteiger partial charge in [-0.3, -0.25) is 5.10 Å². The van der Waals surface area contributed by atoms with Gasteiger partial charge in [-0.15, -0.1) is 0 Å². The van der Waals surface area contributed by atoms with Gasteiger partial charge in [0.05, 0.1) is 17.6 Å². The second-order valence-corrected chi connectivity index (χ2v) is 2.87. The van der Waals surface area contributed by atoms with Crippen molar-refractivity contribution in [3.8, 4) is 17.0 Å². The second kappa shape index (κ2) is 3.02. The highest BCUT2D eigenvalue weighted by Crippen LogP contribution is 2.26. The van der Waals surface area contributed by atoms with Crippen molar-refractivity contribution in [1.82, 2.24) is 10.2 Å². The third kappa shape index (κ3) is 1.28. The molecule has 14 heavy (non-hydrogen) atoms. The minimum atomic E-state index is -0.684. The summed E-state index contributed by atoms with van der Waals surface area (Å²) in [5, 5.41) is 15.3. The molecule has 0 radical (unpaired) electrons. The van der Waals surface area contributed by atoms with Crippen LogP contribution in [-0.2, 0) is 0 Å². The van der Waals surface area contributed by atoms with Gasteiger partial charge in [-0.05, 0) is 18.2 Å². The minimum Gasteiger partial charge on any atom is -0.505 e. The summed E-state index contributed by atoms with van der Waals surface area (Å²) in [4.78, 5) is 0. The van der Waals surface area contributed by atoms with E-state index in [1.807, 2.05) is 0 Å². The Balaban J connectivity index is 2.53. The Morgan fingerprint density at radius 2 is 2.21 bits per heavy atom. The molecule has 0 aliphatic heterocycles. The van der Waals surface area contributed by atoms with Crippen LogP contribution in [0.25, 0.3) is 11.3 Å². The number of rotatable bonds is 1. The average Bonchev–Trinajstić information content (AvgIpc) is 2.57. The van der Waals surface area contributed by atoms with E-state index in [0.717, 1.165) is 0 Å². The molecule has 2 aromatic rings. The maximum Gasteiger partial charge on any atom is 0.165 e. The number of nitrogen functional groups attached to an aromatic ring is 1. The number of aromatic hydroxyl groups is 1. The van der Waals surface area contributed by atoms with E-state index in [9.17, 15) is 4.39 Å². The van der Waals surface area contributed by atoms with Crippen LogP contribution in [0.5, 0.6) is 5.75 Å². The zero-order chi connectivity index (χ0) is 10.1. The van der Waals surface area contributed by atoms with Crippen molar-refractivity contribution < 1.29 is 9.50 Å². The Hall–Kier alpha value is -2.04. The number of phenols is 1. The monoisotopic (exact) mass is 193 g/mol. The van der Waals surface area contributed by atoms with Gasteiger partial charge < -0.3 is 10.8 Å². The standard InChI is InChI=1S/C9H8FN3O/c10-6-3-5(1-2-8(6)14)9-7(11)4-12-13-9/h1-4,14H,11H2,(H,12,13). The van der Waals surface area contributed by atoms with Crippen LogP contribution in [0.1, 0.15) is 0 Å². The fraction of sp³-hybridized carbons (Fsp3) is 0. The first-order valence-corrected chi connectivity index (χ1v) is 3.96. The summed E-state index contributed by atoms with van der Waals surface area (Å²) < 4.78 is 13.0. The number of benzene rings is 1. The van der Waals surface area contributed by atoms with Gasteiger partial charge in [0.2, 0.25) is 0 Å². The number of nitrogens with two attached hydrogens (primary N) is 1. The molecule has 72 valence electrons. The molecule has 0 saturated carbocycles. The first-order chi connectivity index (χ1) is 6.68. The fourth-order valence-corrected chi connectivity index (χ4v) is 1.19. The van der Waals surface area contributed by atoms with Crippen LogP contribution in [0.2, 0.25) is 0 Å². The van der Waals surface area contributed by atoms with Crippen molar-refractivity contribution in [2.24, 2.45) is 0 Å². The summed E-state index contributed by atoms with van der Waals surface area (Å²) in [6.07, 6.45) is 1.44. The van der Waals surface area contributed by atoms with E-state index in [1.54, 1.807) is 6.07 Å². The normalized spacial score (nSPS) is 10.4. The Bertz CT molecular complexity index is 467. The van der Waals surface area contributed by atoms with Gasteiger partial charge in [-0.1, -0.05) is 0 Å². The zero-order valence-electron chi connectivity index (χ0n) is 7.16. The van der Waals surface area contributed by atoms with Crippen molar-refractivity contribution >= 4 is 5.69 Å². The molecule has 2 rings (SSSR count). The third-order valence-electron chi connectivity index (χ3n) is 1.91. The summed E-state index contributed by atoms with van der Waals surface area (Å²) >= 11 is 0. The molecule has 0 bridgehead atoms. The van der Waals surface area contributed by atoms with Crippen LogP contribution in [0.4, 0.5) is 10.1 Å². The number of phenolic OH excluding ortho intramolecular Hbond substituents is 1. The molecule has 0 aliphatic rings. The van der Waals surface area contributed by atoms with Gasteiger partial charge in [0.15, 0.2) is 11.6 Å². The largest absolute Gasteiger partial charge is 0.505 e. The van der Waals surface area contributed by atoms with E-state index in [-0.39, 0.29) is 5.75 Å². The molecule has 0 unspecified atom stereocenters. The van der Waals surface area contributed by atoms with Gasteiger partial charge in [0.1, 0.15) is 0 Å². The van der Waals surface area contributed by atoms with Crippen LogP contribution < -0.4 is 5.73 Å². The molecular weight excluding hydrogens is 185 g/mol. The molecular formula is C9H8FN3O. The zero-order valence-corrected chi connectivity index (χ0v) is 7.16. The summed E-state index contributed by atoms with van der Waals surface area (Å²) in [6, 6.07) is 4.02. The lowest BCUT2D eigenvalue weighted by molar-refractivity contribution is 0.432. The predicted molar refractivity (Wildman–Crippen MR) is 50.1 cm³/mol. The van der Waals surface area contributed by atoms with Crippen molar-refractivity contribution in [3.63, 3.8) is 0 Å². The Labute approximate surface area is 79.2 Å². The molecule has 0 fully saturated rings. The molecule has 1 aromatic carbocycles. The van der Waals surface area contributed by atoms with Gasteiger partial charge in [0.25, 0.3) is 0 Å².